The standard InChI is InChI=1S/C21H24N4O4/c1-2-15-29-19-8-6-17(16-18(19)25(27)28)7-9-21(26)24-13-11-23(12-14-24)20-5-3-4-10-22-20/h3-10,16H,2,11-15H2,1H3/b9-7+. The Balaban J connectivity index is 1.60. The van der Waals surface area contributed by atoms with E-state index in [1.807, 2.05) is 25.1 Å². The summed E-state index contributed by atoms with van der Waals surface area (Å²) in [4.78, 5) is 31.6. The Morgan fingerprint density at radius 1 is 1.24 bits per heavy atom. The minimum Gasteiger partial charge on any atom is -0.487 e. The zero-order valence-corrected chi connectivity index (χ0v) is 16.4. The van der Waals surface area contributed by atoms with Crippen molar-refractivity contribution in [1.29, 1.82) is 0 Å². The first-order chi connectivity index (χ1) is 14.1. The second-order valence-electron chi connectivity index (χ2n) is 6.67. The number of aromatic nitrogens is 1. The van der Waals surface area contributed by atoms with E-state index in [-0.39, 0.29) is 17.3 Å². The van der Waals surface area contributed by atoms with Gasteiger partial charge in [0.25, 0.3) is 0 Å². The number of rotatable bonds is 7. The lowest BCUT2D eigenvalue weighted by atomic mass is 10.1. The fraction of sp³-hybridized carbons (Fsp3) is 0.333. The first kappa shape index (κ1) is 20.3. The molecule has 1 amide bonds. The van der Waals surface area contributed by atoms with E-state index in [9.17, 15) is 14.9 Å². The number of nitro groups is 1. The number of piperazine rings is 1. The van der Waals surface area contributed by atoms with Crippen molar-refractivity contribution in [3.05, 3.63) is 64.3 Å². The molecule has 0 N–H and O–H groups in total. The van der Waals surface area contributed by atoms with E-state index in [4.69, 9.17) is 4.74 Å². The molecule has 0 radical (unpaired) electrons. The highest BCUT2D eigenvalue weighted by Crippen LogP contribution is 2.28. The van der Waals surface area contributed by atoms with Crippen LogP contribution in [0.25, 0.3) is 6.08 Å². The third-order valence-corrected chi connectivity index (χ3v) is 4.62. The SMILES string of the molecule is CCCOc1ccc(/C=C/C(=O)N2CCN(c3ccccn3)CC2)cc1[N+](=O)[O-]. The molecule has 2 aromatic rings. The van der Waals surface area contributed by atoms with E-state index in [0.29, 0.717) is 38.3 Å². The Morgan fingerprint density at radius 2 is 2.03 bits per heavy atom. The molecule has 1 saturated heterocycles. The van der Waals surface area contributed by atoms with Crippen molar-refractivity contribution >= 4 is 23.5 Å². The topological polar surface area (TPSA) is 88.8 Å². The summed E-state index contributed by atoms with van der Waals surface area (Å²) >= 11 is 0. The van der Waals surface area contributed by atoms with Gasteiger partial charge in [-0.25, -0.2) is 4.98 Å². The maximum atomic E-state index is 12.5. The first-order valence-electron chi connectivity index (χ1n) is 9.62. The van der Waals surface area contributed by atoms with E-state index in [0.717, 1.165) is 12.2 Å². The Labute approximate surface area is 169 Å². The molecule has 2 heterocycles. The summed E-state index contributed by atoms with van der Waals surface area (Å²) in [6.07, 6.45) is 5.58. The summed E-state index contributed by atoms with van der Waals surface area (Å²) in [6.45, 7) is 4.98. The van der Waals surface area contributed by atoms with Gasteiger partial charge in [0.1, 0.15) is 5.82 Å². The molecule has 1 fully saturated rings. The van der Waals surface area contributed by atoms with Crippen LogP contribution in [-0.4, -0.2) is 53.5 Å². The predicted molar refractivity (Wildman–Crippen MR) is 111 cm³/mol. The zero-order chi connectivity index (χ0) is 20.6. The highest BCUT2D eigenvalue weighted by molar-refractivity contribution is 5.92. The first-order valence-corrected chi connectivity index (χ1v) is 9.62. The van der Waals surface area contributed by atoms with Gasteiger partial charge >= 0.3 is 5.69 Å². The molecule has 0 bridgehead atoms. The van der Waals surface area contributed by atoms with Crippen LogP contribution in [-0.2, 0) is 4.79 Å². The molecule has 0 aliphatic carbocycles. The molecule has 1 aromatic heterocycles. The van der Waals surface area contributed by atoms with Gasteiger partial charge in [0.2, 0.25) is 5.91 Å². The molecule has 8 nitrogen and oxygen atoms in total. The highest BCUT2D eigenvalue weighted by atomic mass is 16.6. The lowest BCUT2D eigenvalue weighted by Crippen LogP contribution is -2.48. The van der Waals surface area contributed by atoms with Crippen molar-refractivity contribution in [2.24, 2.45) is 0 Å². The van der Waals surface area contributed by atoms with Gasteiger partial charge in [-0.3, -0.25) is 14.9 Å². The van der Waals surface area contributed by atoms with Gasteiger partial charge in [0, 0.05) is 44.5 Å². The van der Waals surface area contributed by atoms with Crippen LogP contribution < -0.4 is 9.64 Å². The fourth-order valence-electron chi connectivity index (χ4n) is 3.08. The Hall–Kier alpha value is -3.42. The van der Waals surface area contributed by atoms with E-state index >= 15 is 0 Å². The van der Waals surface area contributed by atoms with Crippen molar-refractivity contribution < 1.29 is 14.5 Å². The summed E-state index contributed by atoms with van der Waals surface area (Å²) in [7, 11) is 0. The summed E-state index contributed by atoms with van der Waals surface area (Å²) in [6, 6.07) is 10.5. The van der Waals surface area contributed by atoms with Crippen LogP contribution in [0.15, 0.2) is 48.7 Å². The maximum absolute atomic E-state index is 12.5. The molecule has 0 atom stereocenters. The number of carbonyl (C=O) groups excluding carboxylic acids is 1. The number of amides is 1. The number of carbonyl (C=O) groups is 1. The highest BCUT2D eigenvalue weighted by Gasteiger charge is 2.20. The second kappa shape index (κ2) is 9.68. The van der Waals surface area contributed by atoms with Crippen LogP contribution in [0.1, 0.15) is 18.9 Å². The average molecular weight is 396 g/mol. The molecular weight excluding hydrogens is 372 g/mol. The molecule has 1 aliphatic heterocycles. The summed E-state index contributed by atoms with van der Waals surface area (Å²) in [5.74, 6) is 1.04. The lowest BCUT2D eigenvalue weighted by molar-refractivity contribution is -0.385. The molecule has 8 heteroatoms. The third kappa shape index (κ3) is 5.31. The van der Waals surface area contributed by atoms with Crippen molar-refractivity contribution in [3.63, 3.8) is 0 Å². The van der Waals surface area contributed by atoms with Crippen LogP contribution in [0.4, 0.5) is 11.5 Å². The van der Waals surface area contributed by atoms with Gasteiger partial charge in [-0.2, -0.15) is 0 Å². The van der Waals surface area contributed by atoms with E-state index < -0.39 is 4.92 Å². The van der Waals surface area contributed by atoms with Crippen LogP contribution in [0, 0.1) is 10.1 Å². The summed E-state index contributed by atoms with van der Waals surface area (Å²) in [5.41, 5.74) is 0.484. The zero-order valence-electron chi connectivity index (χ0n) is 16.4. The number of hydrogen-bond acceptors (Lipinski definition) is 6. The number of pyridine rings is 1. The molecule has 1 aliphatic rings. The maximum Gasteiger partial charge on any atom is 0.311 e. The molecule has 1 aromatic carbocycles. The Morgan fingerprint density at radius 3 is 2.69 bits per heavy atom. The van der Waals surface area contributed by atoms with Crippen molar-refractivity contribution in [3.8, 4) is 5.75 Å². The van der Waals surface area contributed by atoms with Crippen molar-refractivity contribution in [1.82, 2.24) is 9.88 Å². The molecule has 0 saturated carbocycles. The quantitative estimate of drug-likeness (QED) is 0.406. The number of benzene rings is 1. The number of nitrogens with zero attached hydrogens (tertiary/aromatic N) is 4. The van der Waals surface area contributed by atoms with Crippen LogP contribution in [0.5, 0.6) is 5.75 Å². The predicted octanol–water partition coefficient (Wildman–Crippen LogP) is 3.14. The van der Waals surface area contributed by atoms with Gasteiger partial charge in [0.15, 0.2) is 5.75 Å². The number of anilines is 1. The average Bonchev–Trinajstić information content (AvgIpc) is 2.77. The van der Waals surface area contributed by atoms with Gasteiger partial charge in [-0.15, -0.1) is 0 Å². The number of hydrogen-bond donors (Lipinski definition) is 0. The largest absolute Gasteiger partial charge is 0.487 e. The number of nitro benzene ring substituents is 1. The van der Waals surface area contributed by atoms with E-state index in [2.05, 4.69) is 9.88 Å². The van der Waals surface area contributed by atoms with E-state index in [1.165, 1.54) is 12.1 Å². The minimum atomic E-state index is -0.471. The molecule has 3 rings (SSSR count). The molecule has 29 heavy (non-hydrogen) atoms. The van der Waals surface area contributed by atoms with Gasteiger partial charge in [-0.1, -0.05) is 19.1 Å². The summed E-state index contributed by atoms with van der Waals surface area (Å²) < 4.78 is 5.42. The summed E-state index contributed by atoms with van der Waals surface area (Å²) in [5, 5.41) is 11.3. The van der Waals surface area contributed by atoms with E-state index in [1.54, 1.807) is 29.3 Å². The fourth-order valence-corrected chi connectivity index (χ4v) is 3.08. The molecule has 152 valence electrons. The van der Waals surface area contributed by atoms with Gasteiger partial charge < -0.3 is 14.5 Å². The number of ether oxygens (including phenoxy) is 1. The monoisotopic (exact) mass is 396 g/mol. The van der Waals surface area contributed by atoms with Gasteiger partial charge in [0.05, 0.1) is 11.5 Å². The van der Waals surface area contributed by atoms with Crippen LogP contribution in [0.3, 0.4) is 0 Å². The normalized spacial score (nSPS) is 14.2. The molecular formula is C21H24N4O4. The molecule has 0 spiro atoms. The third-order valence-electron chi connectivity index (χ3n) is 4.62. The smallest absolute Gasteiger partial charge is 0.311 e. The van der Waals surface area contributed by atoms with Crippen LogP contribution in [0.2, 0.25) is 0 Å². The minimum absolute atomic E-state index is 0.1000. The van der Waals surface area contributed by atoms with Gasteiger partial charge in [-0.05, 0) is 36.3 Å². The Bertz CT molecular complexity index is 878. The lowest BCUT2D eigenvalue weighted by Gasteiger charge is -2.34. The Kier molecular flexibility index (Phi) is 6.78. The van der Waals surface area contributed by atoms with Crippen LogP contribution >= 0.6 is 0 Å². The van der Waals surface area contributed by atoms with Crippen molar-refractivity contribution in [2.75, 3.05) is 37.7 Å². The van der Waals surface area contributed by atoms with Crippen molar-refractivity contribution in [2.45, 2.75) is 13.3 Å². The second-order valence-corrected chi connectivity index (χ2v) is 6.67. The molecule has 0 unspecified atom stereocenters.